The van der Waals surface area contributed by atoms with Crippen LogP contribution in [-0.4, -0.2) is 122 Å². The fourth-order valence-corrected chi connectivity index (χ4v) is 0. The van der Waals surface area contributed by atoms with Crippen molar-refractivity contribution >= 4 is 0 Å². The van der Waals surface area contributed by atoms with E-state index in [0.29, 0.717) is 0 Å². The Morgan fingerprint density at radius 1 is 0.0648 bits per heavy atom. The summed E-state index contributed by atoms with van der Waals surface area (Å²) in [6, 6.07) is 0. The standard InChI is InChI=1S/12Co.24NO3/c;;;;;;;;;;;;24*2-1(3)4/q12*+2;24*-1. The van der Waals surface area contributed by atoms with Crippen molar-refractivity contribution in [1.29, 1.82) is 0 Å². The van der Waals surface area contributed by atoms with Gasteiger partial charge in [-0.25, -0.2) is 0 Å². The molecule has 0 aliphatic rings. The minimum atomic E-state index is -1.75. The quantitative estimate of drug-likeness (QED) is 0.161. The second kappa shape index (κ2) is 234. The third-order valence-electron chi connectivity index (χ3n) is 0. The van der Waals surface area contributed by atoms with Gasteiger partial charge >= 0.3 is 201 Å². The van der Waals surface area contributed by atoms with Gasteiger partial charge in [0.1, 0.15) is 0 Å². The van der Waals surface area contributed by atoms with Crippen LogP contribution < -0.4 is 0 Å². The average molecular weight is 2200 g/mol. The Morgan fingerprint density at radius 2 is 0.0648 bits per heavy atom. The molecule has 0 bridgehead atoms. The topological polar surface area (TPSA) is 1590 Å². The molecule has 0 atom stereocenters. The Hall–Kier alpha value is -13.1. The molecule has 0 aromatic rings. The van der Waals surface area contributed by atoms with Crippen molar-refractivity contribution in [3.63, 3.8) is 0 Å². The van der Waals surface area contributed by atoms with Crippen LogP contribution in [0.25, 0.3) is 0 Å². The van der Waals surface area contributed by atoms with Gasteiger partial charge in [-0.2, -0.15) is 0 Å². The molecule has 0 unspecified atom stereocenters. The minimum Gasteiger partial charge on any atom is -0.356 e. The second-order valence-electron chi connectivity index (χ2n) is 5.37. The molecule has 0 heterocycles. The van der Waals surface area contributed by atoms with Gasteiger partial charge in [-0.15, -0.1) is 0 Å². The van der Waals surface area contributed by atoms with Crippen molar-refractivity contribution in [2.24, 2.45) is 0 Å². The molecule has 12 radical (unpaired) electrons. The Kier molecular flexibility index (Phi) is 522. The van der Waals surface area contributed by atoms with Gasteiger partial charge in [0.15, 0.2) is 0 Å². The van der Waals surface area contributed by atoms with E-state index >= 15 is 0 Å². The Bertz CT molecular complexity index is 1340. The van der Waals surface area contributed by atoms with Gasteiger partial charge in [0.25, 0.3) is 0 Å². The van der Waals surface area contributed by atoms with Crippen LogP contribution in [0, 0.1) is 368 Å². The first-order chi connectivity index (χ1) is 41.6. The Balaban J connectivity index is -0.0000000147. The summed E-state index contributed by atoms with van der Waals surface area (Å²) in [6.07, 6.45) is 0. The second-order valence-corrected chi connectivity index (χ2v) is 5.37. The molecule has 660 valence electrons. The van der Waals surface area contributed by atoms with Crippen molar-refractivity contribution < 1.29 is 323 Å². The fourth-order valence-electron chi connectivity index (χ4n) is 0. The van der Waals surface area contributed by atoms with Crippen molar-refractivity contribution in [2.45, 2.75) is 0 Å². The molecule has 0 rings (SSSR count). The molecule has 0 aromatic heterocycles. The van der Waals surface area contributed by atoms with E-state index in [0.717, 1.165) is 0 Å². The van der Waals surface area contributed by atoms with Crippen LogP contribution in [0.5, 0.6) is 0 Å². The molecular formula is Co12N24O72. The summed E-state index contributed by atoms with van der Waals surface area (Å²) in [4.78, 5) is 198. The first-order valence-corrected chi connectivity index (χ1v) is 13.1. The van der Waals surface area contributed by atoms with Crippen LogP contribution in [0.4, 0.5) is 0 Å². The zero-order valence-electron chi connectivity index (χ0n) is 44.1. The Labute approximate surface area is 687 Å². The van der Waals surface area contributed by atoms with Crippen molar-refractivity contribution in [2.75, 3.05) is 0 Å². The van der Waals surface area contributed by atoms with E-state index in [4.69, 9.17) is 368 Å². The molecule has 96 nitrogen and oxygen atoms in total. The smallest absolute Gasteiger partial charge is 0.356 e. The normalized spacial score (nSPS) is 5.33. The SMILES string of the molecule is O=[N+]([O-])[O-].O=[N+]([O-])[O-].O=[N+]([O-])[O-].O=[N+]([O-])[O-].O=[N+]([O-])[O-].O=[N+]([O-])[O-].O=[N+]([O-])[O-].O=[N+]([O-])[O-].O=[N+]([O-])[O-].O=[N+]([O-])[O-].O=[N+]([O-])[O-].O=[N+]([O-])[O-].O=[N+]([O-])[O-].O=[N+]([O-])[O-].O=[N+]([O-])[O-].O=[N+]([O-])[O-].O=[N+]([O-])[O-].O=[N+]([O-])[O-].O=[N+]([O-])[O-].O=[N+]([O-])[O-].O=[N+]([O-])[O-].O=[N+]([O-])[O-].O=[N+]([O-])[O-].O=[N+]([O-])[O-].[Co+2].[Co+2].[Co+2].[Co+2].[Co+2].[Co+2].[Co+2].[Co+2].[Co+2].[Co+2].[Co+2].[Co+2]. The summed E-state index contributed by atoms with van der Waals surface area (Å²) in [5.74, 6) is 0. The zero-order valence-corrected chi connectivity index (χ0v) is 56.6. The monoisotopic (exact) mass is 2190 g/mol. The summed E-state index contributed by atoms with van der Waals surface area (Å²) >= 11 is 0. The molecule has 0 aromatic carbocycles. The van der Waals surface area contributed by atoms with Crippen molar-refractivity contribution in [3.05, 3.63) is 368 Å². The molecular weight excluding hydrogens is 2200 g/mol. The van der Waals surface area contributed by atoms with E-state index < -0.39 is 122 Å². The largest absolute Gasteiger partial charge is 2.00 e. The summed E-state index contributed by atoms with van der Waals surface area (Å²) < 4.78 is 0. The molecule has 0 amide bonds. The van der Waals surface area contributed by atoms with Crippen LogP contribution in [0.3, 0.4) is 0 Å². The molecule has 0 saturated carbocycles. The summed E-state index contributed by atoms with van der Waals surface area (Å²) in [7, 11) is 0. The number of hydrogen-bond acceptors (Lipinski definition) is 72. The number of rotatable bonds is 0. The molecule has 0 aliphatic carbocycles. The maximum Gasteiger partial charge on any atom is 2.00 e. The molecule has 108 heavy (non-hydrogen) atoms. The van der Waals surface area contributed by atoms with Crippen molar-refractivity contribution in [3.8, 4) is 0 Å². The van der Waals surface area contributed by atoms with Gasteiger partial charge in [0.05, 0.1) is 122 Å². The van der Waals surface area contributed by atoms with Gasteiger partial charge in [0.2, 0.25) is 0 Å². The number of hydrogen-bond donors (Lipinski definition) is 0. The van der Waals surface area contributed by atoms with E-state index in [1.807, 2.05) is 0 Å². The van der Waals surface area contributed by atoms with Gasteiger partial charge in [-0.05, 0) is 0 Å². The van der Waals surface area contributed by atoms with E-state index in [1.165, 1.54) is 0 Å². The summed E-state index contributed by atoms with van der Waals surface area (Å²) in [5.41, 5.74) is 0. The van der Waals surface area contributed by atoms with Gasteiger partial charge in [-0.3, -0.25) is 0 Å². The van der Waals surface area contributed by atoms with Crippen LogP contribution in [0.2, 0.25) is 0 Å². The molecule has 0 spiro atoms. The van der Waals surface area contributed by atoms with Gasteiger partial charge in [0, 0.05) is 0 Å². The minimum absolute atomic E-state index is 0. The Morgan fingerprint density at radius 3 is 0.0648 bits per heavy atom. The fraction of sp³-hybridized carbons (Fsp3) is 0. The first-order valence-electron chi connectivity index (χ1n) is 13.1. The molecule has 0 saturated heterocycles. The van der Waals surface area contributed by atoms with Gasteiger partial charge < -0.3 is 368 Å². The maximum atomic E-state index is 8.25. The van der Waals surface area contributed by atoms with E-state index in [-0.39, 0.29) is 201 Å². The number of nitrogens with zero attached hydrogens (tertiary/aromatic N) is 24. The molecule has 108 heteroatoms. The van der Waals surface area contributed by atoms with Crippen LogP contribution in [0.15, 0.2) is 0 Å². The zero-order chi connectivity index (χ0) is 85.9. The molecule has 0 fully saturated rings. The molecule has 0 aliphatic heterocycles. The van der Waals surface area contributed by atoms with E-state index in [9.17, 15) is 0 Å². The summed E-state index contributed by atoms with van der Waals surface area (Å²) in [6.45, 7) is 0. The van der Waals surface area contributed by atoms with Crippen LogP contribution in [0.1, 0.15) is 0 Å². The van der Waals surface area contributed by atoms with Crippen molar-refractivity contribution in [1.82, 2.24) is 0 Å². The van der Waals surface area contributed by atoms with Crippen LogP contribution >= 0.6 is 0 Å². The maximum absolute atomic E-state index is 8.25. The predicted octanol–water partition coefficient (Wildman–Crippen LogP) is -5.77. The summed E-state index contributed by atoms with van der Waals surface area (Å²) in [5, 5.41) is 354. The first kappa shape index (κ1) is 241. The van der Waals surface area contributed by atoms with E-state index in [1.54, 1.807) is 0 Å². The van der Waals surface area contributed by atoms with Gasteiger partial charge in [-0.1, -0.05) is 0 Å². The molecule has 0 N–H and O–H groups in total. The third-order valence-corrected chi connectivity index (χ3v) is 0. The predicted molar refractivity (Wildman–Crippen MR) is 249 cm³/mol. The van der Waals surface area contributed by atoms with Crippen LogP contribution in [-0.2, 0) is 201 Å². The third kappa shape index (κ3) is 4550. The van der Waals surface area contributed by atoms with E-state index in [2.05, 4.69) is 0 Å². The average Bonchev–Trinajstić information content (AvgIpc) is 3.12.